The molecule has 0 aromatic heterocycles. The molecule has 14 heteroatoms. The number of esters is 2. The van der Waals surface area contributed by atoms with Gasteiger partial charge in [0.05, 0.1) is 6.61 Å². The molecule has 6 N–H and O–H groups in total. The Morgan fingerprint density at radius 1 is 0.525 bits per heavy atom. The molecule has 0 saturated heterocycles. The van der Waals surface area contributed by atoms with Gasteiger partial charge in [-0.15, -0.1) is 0 Å². The monoisotopic (exact) mass is 861 g/mol. The molecule has 1 rings (SSSR count). The van der Waals surface area contributed by atoms with Gasteiger partial charge in [-0.1, -0.05) is 140 Å². The van der Waals surface area contributed by atoms with E-state index in [0.717, 1.165) is 70.6 Å². The van der Waals surface area contributed by atoms with Crippen LogP contribution >= 0.6 is 7.82 Å². The molecule has 0 aromatic carbocycles. The summed E-state index contributed by atoms with van der Waals surface area (Å²) >= 11 is 0. The molecular weight excluding hydrogens is 779 g/mol. The van der Waals surface area contributed by atoms with E-state index in [0.29, 0.717) is 12.8 Å². The van der Waals surface area contributed by atoms with E-state index in [-0.39, 0.29) is 12.8 Å². The molecule has 1 aliphatic rings. The van der Waals surface area contributed by atoms with Crippen molar-refractivity contribution in [2.24, 2.45) is 0 Å². The molecule has 0 aliphatic heterocycles. The second-order valence-electron chi connectivity index (χ2n) is 15.9. The lowest BCUT2D eigenvalue weighted by Crippen LogP contribution is -2.64. The largest absolute Gasteiger partial charge is 0.472 e. The van der Waals surface area contributed by atoms with Gasteiger partial charge < -0.3 is 39.9 Å². The van der Waals surface area contributed by atoms with Gasteiger partial charge in [-0.05, 0) is 64.2 Å². The van der Waals surface area contributed by atoms with Crippen molar-refractivity contribution in [3.05, 3.63) is 36.5 Å². The van der Waals surface area contributed by atoms with Crippen molar-refractivity contribution in [1.29, 1.82) is 0 Å². The minimum Gasteiger partial charge on any atom is -0.462 e. The summed E-state index contributed by atoms with van der Waals surface area (Å²) in [5, 5.41) is 50.1. The maximum absolute atomic E-state index is 12.8. The number of unbranched alkanes of at least 4 members (excludes halogenated alkanes) is 19. The number of carbonyl (C=O) groups is 2. The van der Waals surface area contributed by atoms with Crippen molar-refractivity contribution < 1.29 is 63.1 Å². The normalized spacial score (nSPS) is 22.6. The summed E-state index contributed by atoms with van der Waals surface area (Å²) in [5.74, 6) is -1.12. The fourth-order valence-corrected chi connectivity index (χ4v) is 7.68. The van der Waals surface area contributed by atoms with E-state index >= 15 is 0 Å². The van der Waals surface area contributed by atoms with E-state index in [1.165, 1.54) is 70.6 Å². The van der Waals surface area contributed by atoms with Gasteiger partial charge in [0.15, 0.2) is 6.10 Å². The quantitative estimate of drug-likeness (QED) is 0.0150. The lowest BCUT2D eigenvalue weighted by molar-refractivity contribution is -0.220. The lowest BCUT2D eigenvalue weighted by Gasteiger charge is -2.41. The fourth-order valence-electron chi connectivity index (χ4n) is 6.71. The van der Waals surface area contributed by atoms with Crippen LogP contribution in [0.3, 0.4) is 0 Å². The molecule has 0 spiro atoms. The highest BCUT2D eigenvalue weighted by Gasteiger charge is 2.51. The number of carbonyl (C=O) groups excluding carboxylic acids is 2. The van der Waals surface area contributed by atoms with Gasteiger partial charge in [0.1, 0.15) is 43.2 Å². The van der Waals surface area contributed by atoms with Crippen molar-refractivity contribution >= 4 is 19.8 Å². The minimum absolute atomic E-state index is 0.0806. The topological polar surface area (TPSA) is 210 Å². The number of phosphoric acid groups is 1. The highest BCUT2D eigenvalue weighted by molar-refractivity contribution is 7.47. The first-order chi connectivity index (χ1) is 28.4. The van der Waals surface area contributed by atoms with Crippen LogP contribution in [-0.4, -0.2) is 98.3 Å². The highest BCUT2D eigenvalue weighted by atomic mass is 31.2. The highest BCUT2D eigenvalue weighted by Crippen LogP contribution is 2.47. The Morgan fingerprint density at radius 2 is 0.932 bits per heavy atom. The van der Waals surface area contributed by atoms with E-state index in [1.54, 1.807) is 0 Å². The molecular formula is C45H81O13P. The lowest BCUT2D eigenvalue weighted by atomic mass is 9.85. The second kappa shape index (κ2) is 35.6. The standard InChI is InChI=1S/C45H81O13P/c1-3-5-7-9-11-13-15-17-19-21-23-25-27-29-31-33-38(46)55-35-37(36-56-59(53,54)58-45-43(51)41(49)40(48)42(50)44(45)52)57-39(47)34-32-30-28-26-24-22-20-18-16-14-12-10-8-6-4-2/h9,11-12,14,18,20,37,40-45,48-52H,3-8,10,13,15-17,19,21-36H2,1-2H3,(H,53,54)/b11-9+,14-12+,20-18+/t37-,40?,41-,42?,43?,44?,45?/m1/s1. The molecule has 6 unspecified atom stereocenters. The minimum atomic E-state index is -5.12. The molecule has 0 aromatic rings. The number of rotatable bonds is 37. The van der Waals surface area contributed by atoms with Crippen molar-refractivity contribution in [2.75, 3.05) is 13.2 Å². The first-order valence-electron chi connectivity index (χ1n) is 22.8. The van der Waals surface area contributed by atoms with Crippen LogP contribution < -0.4 is 0 Å². The smallest absolute Gasteiger partial charge is 0.462 e. The number of hydrogen-bond donors (Lipinski definition) is 6. The van der Waals surface area contributed by atoms with Gasteiger partial charge in [-0.3, -0.25) is 18.6 Å². The number of hydrogen-bond acceptors (Lipinski definition) is 12. The summed E-state index contributed by atoms with van der Waals surface area (Å²) < 4.78 is 33.5. The third-order valence-corrected chi connectivity index (χ3v) is 11.4. The predicted octanol–water partition coefficient (Wildman–Crippen LogP) is 8.61. The number of ether oxygens (including phenoxy) is 2. The summed E-state index contributed by atoms with van der Waals surface area (Å²) in [7, 11) is -5.12. The van der Waals surface area contributed by atoms with Crippen molar-refractivity contribution in [3.8, 4) is 0 Å². The van der Waals surface area contributed by atoms with Crippen molar-refractivity contribution in [2.45, 2.75) is 224 Å². The average molecular weight is 861 g/mol. The molecule has 1 saturated carbocycles. The van der Waals surface area contributed by atoms with E-state index < -0.39 is 75.7 Å². The molecule has 0 amide bonds. The van der Waals surface area contributed by atoms with Crippen LogP contribution in [0.5, 0.6) is 0 Å². The Labute approximate surface area is 355 Å². The van der Waals surface area contributed by atoms with E-state index in [2.05, 4.69) is 50.3 Å². The van der Waals surface area contributed by atoms with Gasteiger partial charge in [0, 0.05) is 12.8 Å². The van der Waals surface area contributed by atoms with E-state index in [4.69, 9.17) is 18.5 Å². The van der Waals surface area contributed by atoms with E-state index in [9.17, 15) is 44.6 Å². The molecule has 59 heavy (non-hydrogen) atoms. The van der Waals surface area contributed by atoms with Gasteiger partial charge >= 0.3 is 19.8 Å². The average Bonchev–Trinajstić information content (AvgIpc) is 3.21. The first kappa shape index (κ1) is 55.1. The Hall–Kier alpha value is -1.93. The molecule has 1 aliphatic carbocycles. The van der Waals surface area contributed by atoms with Crippen LogP contribution in [0.25, 0.3) is 0 Å². The SMILES string of the molecule is CCCC/C=C/CCCCCCCCCCCC(=O)OC[C@H](COP(=O)(O)OC1C(O)C(O)C(O)[C@@H](O)C1O)OC(=O)CCCCCCC/C=C/C/C=C/CCCCC. The van der Waals surface area contributed by atoms with Crippen LogP contribution in [0.2, 0.25) is 0 Å². The molecule has 0 radical (unpaired) electrons. The number of phosphoric ester groups is 1. The van der Waals surface area contributed by atoms with E-state index in [1.807, 2.05) is 0 Å². The number of allylic oxidation sites excluding steroid dienone is 6. The molecule has 0 heterocycles. The fraction of sp³-hybridized carbons (Fsp3) is 0.822. The third-order valence-electron chi connectivity index (χ3n) is 10.5. The molecule has 0 bridgehead atoms. The van der Waals surface area contributed by atoms with Crippen molar-refractivity contribution in [1.82, 2.24) is 0 Å². The van der Waals surface area contributed by atoms with Gasteiger partial charge in [0.25, 0.3) is 0 Å². The third kappa shape index (κ3) is 28.3. The molecule has 13 nitrogen and oxygen atoms in total. The zero-order valence-corrected chi connectivity index (χ0v) is 37.2. The van der Waals surface area contributed by atoms with Crippen LogP contribution in [0.15, 0.2) is 36.5 Å². The zero-order chi connectivity index (χ0) is 43.6. The Kier molecular flexibility index (Phi) is 33.3. The second-order valence-corrected chi connectivity index (χ2v) is 17.3. The Balaban J connectivity index is 2.48. The van der Waals surface area contributed by atoms with Gasteiger partial charge in [0.2, 0.25) is 0 Å². The predicted molar refractivity (Wildman–Crippen MR) is 230 cm³/mol. The molecule has 1 fully saturated rings. The van der Waals surface area contributed by atoms with Crippen LogP contribution in [0, 0.1) is 0 Å². The molecule has 8 atom stereocenters. The zero-order valence-electron chi connectivity index (χ0n) is 36.3. The summed E-state index contributed by atoms with van der Waals surface area (Å²) in [5.41, 5.74) is 0. The summed E-state index contributed by atoms with van der Waals surface area (Å²) in [6.45, 7) is 3.23. The van der Waals surface area contributed by atoms with Gasteiger partial charge in [-0.2, -0.15) is 0 Å². The summed E-state index contributed by atoms with van der Waals surface area (Å²) in [6.07, 6.45) is 26.2. The maximum atomic E-state index is 12.8. The Bertz CT molecular complexity index is 1180. The molecule has 344 valence electrons. The summed E-state index contributed by atoms with van der Waals surface area (Å²) in [6, 6.07) is 0. The number of aliphatic hydroxyl groups excluding tert-OH is 5. The number of aliphatic hydroxyl groups is 5. The summed E-state index contributed by atoms with van der Waals surface area (Å²) in [4.78, 5) is 35.7. The van der Waals surface area contributed by atoms with Crippen LogP contribution in [-0.2, 0) is 32.7 Å². The van der Waals surface area contributed by atoms with Gasteiger partial charge in [-0.25, -0.2) is 4.57 Å². The Morgan fingerprint density at radius 3 is 1.44 bits per heavy atom. The van der Waals surface area contributed by atoms with Crippen LogP contribution in [0.4, 0.5) is 0 Å². The first-order valence-corrected chi connectivity index (χ1v) is 24.3. The maximum Gasteiger partial charge on any atom is 0.472 e. The van der Waals surface area contributed by atoms with Crippen LogP contribution in [0.1, 0.15) is 181 Å². The van der Waals surface area contributed by atoms with Crippen molar-refractivity contribution in [3.63, 3.8) is 0 Å².